The minimum Gasteiger partial charge on any atom is -0.465 e. The summed E-state index contributed by atoms with van der Waals surface area (Å²) in [5.74, 6) is -0.365. The highest BCUT2D eigenvalue weighted by atomic mass is 17.0. The molecular formula is C14H19NO4. The van der Waals surface area contributed by atoms with Crippen molar-refractivity contribution in [2.45, 2.75) is 38.9 Å². The lowest BCUT2D eigenvalue weighted by atomic mass is 9.90. The first-order valence-electron chi connectivity index (χ1n) is 6.13. The van der Waals surface area contributed by atoms with Crippen LogP contribution in [0, 0.1) is 0 Å². The summed E-state index contributed by atoms with van der Waals surface area (Å²) in [6.07, 6.45) is 0. The van der Waals surface area contributed by atoms with Crippen molar-refractivity contribution in [3.05, 3.63) is 29.8 Å². The minimum absolute atomic E-state index is 0.365. The Morgan fingerprint density at radius 3 is 1.95 bits per heavy atom. The van der Waals surface area contributed by atoms with Crippen LogP contribution in [-0.2, 0) is 14.4 Å². The summed E-state index contributed by atoms with van der Waals surface area (Å²) >= 11 is 0. The van der Waals surface area contributed by atoms with Crippen LogP contribution >= 0.6 is 0 Å². The maximum atomic E-state index is 11.4. The number of carbonyl (C=O) groups excluding carboxylic acids is 1. The quantitative estimate of drug-likeness (QED) is 0.769. The van der Waals surface area contributed by atoms with Crippen molar-refractivity contribution in [3.8, 4) is 0 Å². The molecule has 0 amide bonds. The first kappa shape index (κ1) is 13.8. The molecule has 0 unspecified atom stereocenters. The molecule has 1 aliphatic rings. The largest absolute Gasteiger partial charge is 0.465 e. The third-order valence-corrected chi connectivity index (χ3v) is 3.57. The zero-order valence-corrected chi connectivity index (χ0v) is 11.9. The van der Waals surface area contributed by atoms with Crippen molar-refractivity contribution in [1.29, 1.82) is 0 Å². The van der Waals surface area contributed by atoms with E-state index >= 15 is 0 Å². The molecule has 0 atom stereocenters. The third kappa shape index (κ3) is 2.43. The molecule has 0 saturated carbocycles. The predicted octanol–water partition coefficient (Wildman–Crippen LogP) is 2.71. The molecule has 1 heterocycles. The summed E-state index contributed by atoms with van der Waals surface area (Å²) < 4.78 is 4.65. The molecule has 104 valence electrons. The molecule has 5 heteroatoms. The first-order valence-corrected chi connectivity index (χ1v) is 6.13. The second-order valence-corrected chi connectivity index (χ2v) is 5.50. The average Bonchev–Trinajstić information content (AvgIpc) is 2.58. The van der Waals surface area contributed by atoms with Crippen LogP contribution in [0.3, 0.4) is 0 Å². The maximum absolute atomic E-state index is 11.4. The lowest BCUT2D eigenvalue weighted by molar-refractivity contribution is -0.0273. The van der Waals surface area contributed by atoms with Gasteiger partial charge in [-0.25, -0.2) is 14.5 Å². The standard InChI is InChI=1S/C14H19NO4/c1-13(2)14(3,4)19-15(18-13)11-8-6-10(7-9-11)12(16)17-5/h6-9H,1-5H3. The van der Waals surface area contributed by atoms with Gasteiger partial charge < -0.3 is 4.74 Å². The molecule has 2 rings (SSSR count). The molecule has 1 aromatic rings. The molecule has 1 aromatic carbocycles. The molecular weight excluding hydrogens is 246 g/mol. The summed E-state index contributed by atoms with van der Waals surface area (Å²) in [5, 5.41) is 1.39. The fourth-order valence-corrected chi connectivity index (χ4v) is 1.60. The van der Waals surface area contributed by atoms with Crippen LogP contribution in [-0.4, -0.2) is 24.3 Å². The van der Waals surface area contributed by atoms with E-state index in [0.717, 1.165) is 5.69 Å². The van der Waals surface area contributed by atoms with Gasteiger partial charge in [0.25, 0.3) is 0 Å². The van der Waals surface area contributed by atoms with Crippen molar-refractivity contribution in [3.63, 3.8) is 0 Å². The molecule has 1 aliphatic heterocycles. The van der Waals surface area contributed by atoms with Gasteiger partial charge in [0.15, 0.2) is 0 Å². The smallest absolute Gasteiger partial charge is 0.337 e. The van der Waals surface area contributed by atoms with Gasteiger partial charge in [-0.05, 0) is 52.0 Å². The highest BCUT2D eigenvalue weighted by Gasteiger charge is 2.50. The third-order valence-electron chi connectivity index (χ3n) is 3.57. The van der Waals surface area contributed by atoms with Gasteiger partial charge in [0, 0.05) is 0 Å². The Balaban J connectivity index is 2.19. The summed E-state index contributed by atoms with van der Waals surface area (Å²) in [6.45, 7) is 7.87. The summed E-state index contributed by atoms with van der Waals surface area (Å²) in [6, 6.07) is 6.85. The van der Waals surface area contributed by atoms with Crippen LogP contribution < -0.4 is 5.23 Å². The normalized spacial score (nSPS) is 20.4. The van der Waals surface area contributed by atoms with E-state index in [1.54, 1.807) is 24.3 Å². The molecule has 0 bridgehead atoms. The minimum atomic E-state index is -0.436. The summed E-state index contributed by atoms with van der Waals surface area (Å²) in [4.78, 5) is 22.9. The molecule has 0 radical (unpaired) electrons. The van der Waals surface area contributed by atoms with Gasteiger partial charge in [-0.15, -0.1) is 5.23 Å². The lowest BCUT2D eigenvalue weighted by Gasteiger charge is -2.26. The van der Waals surface area contributed by atoms with Crippen LogP contribution in [0.15, 0.2) is 24.3 Å². The van der Waals surface area contributed by atoms with Crippen LogP contribution in [0.2, 0.25) is 0 Å². The Kier molecular flexibility index (Phi) is 3.28. The molecule has 0 aromatic heterocycles. The van der Waals surface area contributed by atoms with E-state index in [1.165, 1.54) is 12.3 Å². The van der Waals surface area contributed by atoms with Crippen LogP contribution in [0.1, 0.15) is 38.1 Å². The van der Waals surface area contributed by atoms with E-state index in [2.05, 4.69) is 4.74 Å². The Morgan fingerprint density at radius 1 is 1.05 bits per heavy atom. The number of hydrogen-bond acceptors (Lipinski definition) is 5. The molecule has 19 heavy (non-hydrogen) atoms. The second kappa shape index (κ2) is 4.51. The number of ether oxygens (including phenoxy) is 1. The fraction of sp³-hybridized carbons (Fsp3) is 0.500. The van der Waals surface area contributed by atoms with Crippen molar-refractivity contribution >= 4 is 11.7 Å². The molecule has 0 aliphatic carbocycles. The highest BCUT2D eigenvalue weighted by molar-refractivity contribution is 5.89. The monoisotopic (exact) mass is 265 g/mol. The van der Waals surface area contributed by atoms with E-state index in [0.29, 0.717) is 5.56 Å². The van der Waals surface area contributed by atoms with Gasteiger partial charge in [0.2, 0.25) is 0 Å². The summed E-state index contributed by atoms with van der Waals surface area (Å²) in [7, 11) is 1.36. The van der Waals surface area contributed by atoms with Crippen LogP contribution in [0.5, 0.6) is 0 Å². The Labute approximate surface area is 113 Å². The van der Waals surface area contributed by atoms with Gasteiger partial charge in [-0.1, -0.05) is 0 Å². The van der Waals surface area contributed by atoms with Gasteiger partial charge >= 0.3 is 5.97 Å². The number of hydrogen-bond donors (Lipinski definition) is 0. The second-order valence-electron chi connectivity index (χ2n) is 5.50. The topological polar surface area (TPSA) is 48.0 Å². The van der Waals surface area contributed by atoms with Crippen molar-refractivity contribution in [2.75, 3.05) is 12.3 Å². The number of carbonyl (C=O) groups is 1. The van der Waals surface area contributed by atoms with Crippen molar-refractivity contribution in [1.82, 2.24) is 0 Å². The zero-order chi connectivity index (χ0) is 14.3. The van der Waals surface area contributed by atoms with Gasteiger partial charge in [-0.2, -0.15) is 0 Å². The van der Waals surface area contributed by atoms with Gasteiger partial charge in [0.1, 0.15) is 11.2 Å². The Bertz CT molecular complexity index is 463. The van der Waals surface area contributed by atoms with Gasteiger partial charge in [0.05, 0.1) is 18.4 Å². The number of nitrogens with zero attached hydrogens (tertiary/aromatic N) is 1. The molecule has 1 fully saturated rings. The zero-order valence-electron chi connectivity index (χ0n) is 11.9. The summed E-state index contributed by atoms with van der Waals surface area (Å²) in [5.41, 5.74) is 0.345. The first-order chi connectivity index (χ1) is 8.77. The SMILES string of the molecule is COC(=O)c1ccc(N2OC(C)(C)C(C)(C)O2)cc1. The van der Waals surface area contributed by atoms with E-state index < -0.39 is 11.2 Å². The molecule has 1 saturated heterocycles. The van der Waals surface area contributed by atoms with E-state index in [4.69, 9.17) is 9.68 Å². The fourth-order valence-electron chi connectivity index (χ4n) is 1.60. The number of rotatable bonds is 2. The number of esters is 1. The van der Waals surface area contributed by atoms with Crippen molar-refractivity contribution < 1.29 is 19.2 Å². The lowest BCUT2D eigenvalue weighted by Crippen LogP contribution is -2.41. The molecule has 0 N–H and O–H groups in total. The predicted molar refractivity (Wildman–Crippen MR) is 70.6 cm³/mol. The van der Waals surface area contributed by atoms with Crippen LogP contribution in [0.4, 0.5) is 5.69 Å². The Hall–Kier alpha value is -1.59. The van der Waals surface area contributed by atoms with E-state index in [-0.39, 0.29) is 5.97 Å². The van der Waals surface area contributed by atoms with Crippen molar-refractivity contribution in [2.24, 2.45) is 0 Å². The van der Waals surface area contributed by atoms with Gasteiger partial charge in [-0.3, -0.25) is 0 Å². The van der Waals surface area contributed by atoms with E-state index in [1.807, 2.05) is 27.7 Å². The Morgan fingerprint density at radius 2 is 1.53 bits per heavy atom. The number of anilines is 1. The number of methoxy groups -OCH3 is 1. The number of benzene rings is 1. The highest BCUT2D eigenvalue weighted by Crippen LogP contribution is 2.39. The van der Waals surface area contributed by atoms with Crippen LogP contribution in [0.25, 0.3) is 0 Å². The van der Waals surface area contributed by atoms with E-state index in [9.17, 15) is 4.79 Å². The molecule has 0 spiro atoms. The maximum Gasteiger partial charge on any atom is 0.337 e. The molecule has 5 nitrogen and oxygen atoms in total. The average molecular weight is 265 g/mol.